The summed E-state index contributed by atoms with van der Waals surface area (Å²) in [5.41, 5.74) is 1.96. The topological polar surface area (TPSA) is 79.3 Å². The van der Waals surface area contributed by atoms with Crippen LogP contribution in [0.25, 0.3) is 0 Å². The summed E-state index contributed by atoms with van der Waals surface area (Å²) in [5.74, 6) is -0.221. The second kappa shape index (κ2) is 5.28. The number of aromatic nitrogens is 2. The molecule has 0 spiro atoms. The molecule has 1 aliphatic heterocycles. The van der Waals surface area contributed by atoms with E-state index in [2.05, 4.69) is 15.7 Å². The maximum atomic E-state index is 12.0. The number of hydrogen-bond acceptors (Lipinski definition) is 3. The number of anilines is 2. The van der Waals surface area contributed by atoms with Gasteiger partial charge in [0, 0.05) is 37.7 Å². The van der Waals surface area contributed by atoms with Crippen molar-refractivity contribution in [3.63, 3.8) is 0 Å². The van der Waals surface area contributed by atoms with E-state index < -0.39 is 0 Å². The lowest BCUT2D eigenvalue weighted by molar-refractivity contribution is 0.101. The fourth-order valence-corrected chi connectivity index (χ4v) is 2.23. The highest BCUT2D eigenvalue weighted by Crippen LogP contribution is 2.19. The van der Waals surface area contributed by atoms with E-state index in [4.69, 9.17) is 0 Å². The number of hydrogen-bond donors (Lipinski definition) is 2. The Labute approximate surface area is 121 Å². The summed E-state index contributed by atoms with van der Waals surface area (Å²) in [6.45, 7) is 1.30. The molecule has 2 heterocycles. The molecule has 1 saturated heterocycles. The van der Waals surface area contributed by atoms with Crippen molar-refractivity contribution in [2.75, 3.05) is 23.3 Å². The Bertz CT molecular complexity index is 677. The Balaban J connectivity index is 1.71. The lowest BCUT2D eigenvalue weighted by Crippen LogP contribution is -2.27. The number of urea groups is 1. The van der Waals surface area contributed by atoms with Gasteiger partial charge in [-0.05, 0) is 30.3 Å². The second-order valence-electron chi connectivity index (χ2n) is 4.72. The summed E-state index contributed by atoms with van der Waals surface area (Å²) >= 11 is 0. The van der Waals surface area contributed by atoms with Crippen LogP contribution in [0.2, 0.25) is 0 Å². The minimum Gasteiger partial charge on any atom is -0.336 e. The number of amides is 3. The first kappa shape index (κ1) is 13.2. The van der Waals surface area contributed by atoms with Crippen LogP contribution in [0.15, 0.2) is 36.5 Å². The molecular weight excluding hydrogens is 270 g/mol. The van der Waals surface area contributed by atoms with E-state index in [0.29, 0.717) is 24.5 Å². The van der Waals surface area contributed by atoms with Crippen molar-refractivity contribution >= 4 is 23.3 Å². The van der Waals surface area contributed by atoms with Crippen LogP contribution in [0.5, 0.6) is 0 Å². The number of carbonyl (C=O) groups is 2. The molecule has 0 saturated carbocycles. The molecule has 7 heteroatoms. The van der Waals surface area contributed by atoms with Gasteiger partial charge >= 0.3 is 6.03 Å². The molecule has 1 fully saturated rings. The molecule has 0 unspecified atom stereocenters. The first-order chi connectivity index (χ1) is 10.1. The molecule has 3 amide bonds. The third kappa shape index (κ3) is 2.58. The van der Waals surface area contributed by atoms with Gasteiger partial charge in [-0.25, -0.2) is 4.79 Å². The molecule has 3 rings (SSSR count). The molecule has 2 aromatic rings. The minimum atomic E-state index is -0.221. The highest BCUT2D eigenvalue weighted by Gasteiger charge is 2.20. The highest BCUT2D eigenvalue weighted by molar-refractivity contribution is 6.03. The Morgan fingerprint density at radius 3 is 2.62 bits per heavy atom. The van der Waals surface area contributed by atoms with Gasteiger partial charge in [-0.15, -0.1) is 0 Å². The molecule has 0 aliphatic carbocycles. The van der Waals surface area contributed by atoms with E-state index in [0.717, 1.165) is 5.69 Å². The number of nitrogens with one attached hydrogen (secondary N) is 2. The predicted octanol–water partition coefficient (Wildman–Crippen LogP) is 1.20. The number of nitrogens with zero attached hydrogens (tertiary/aromatic N) is 3. The van der Waals surface area contributed by atoms with Crippen molar-refractivity contribution in [1.29, 1.82) is 0 Å². The number of benzene rings is 1. The maximum absolute atomic E-state index is 12.0. The van der Waals surface area contributed by atoms with Crippen molar-refractivity contribution in [3.05, 3.63) is 42.2 Å². The molecule has 1 aromatic carbocycles. The fraction of sp³-hybridized carbons (Fsp3) is 0.214. The van der Waals surface area contributed by atoms with E-state index in [1.165, 1.54) is 4.68 Å². The monoisotopic (exact) mass is 285 g/mol. The Morgan fingerprint density at radius 1 is 1.29 bits per heavy atom. The lowest BCUT2D eigenvalue weighted by Gasteiger charge is -2.14. The summed E-state index contributed by atoms with van der Waals surface area (Å²) in [4.78, 5) is 25.3. The Hall–Kier alpha value is -2.83. The van der Waals surface area contributed by atoms with Gasteiger partial charge in [0.2, 0.25) is 0 Å². The number of aryl methyl sites for hydroxylation is 1. The van der Waals surface area contributed by atoms with E-state index in [1.807, 2.05) is 12.1 Å². The minimum absolute atomic E-state index is 0.0957. The van der Waals surface area contributed by atoms with E-state index >= 15 is 0 Å². The summed E-state index contributed by atoms with van der Waals surface area (Å²) in [5, 5.41) is 9.50. The molecule has 1 aromatic heterocycles. The van der Waals surface area contributed by atoms with Crippen LogP contribution < -0.4 is 15.5 Å². The zero-order valence-corrected chi connectivity index (χ0v) is 11.5. The number of carbonyl (C=O) groups excluding carboxylic acids is 2. The lowest BCUT2D eigenvalue weighted by atomic mass is 10.2. The molecular formula is C14H15N5O2. The van der Waals surface area contributed by atoms with Crippen molar-refractivity contribution < 1.29 is 9.59 Å². The van der Waals surface area contributed by atoms with Gasteiger partial charge in [0.05, 0.1) is 0 Å². The third-order valence-corrected chi connectivity index (χ3v) is 3.35. The molecule has 0 bridgehead atoms. The van der Waals surface area contributed by atoms with Crippen molar-refractivity contribution in [3.8, 4) is 0 Å². The summed E-state index contributed by atoms with van der Waals surface area (Å²) in [6, 6.07) is 8.72. The normalized spacial score (nSPS) is 14.1. The molecule has 0 atom stereocenters. The summed E-state index contributed by atoms with van der Waals surface area (Å²) in [7, 11) is 1.71. The smallest absolute Gasteiger partial charge is 0.321 e. The first-order valence-corrected chi connectivity index (χ1v) is 6.60. The van der Waals surface area contributed by atoms with Crippen LogP contribution in [0, 0.1) is 0 Å². The van der Waals surface area contributed by atoms with Gasteiger partial charge in [-0.2, -0.15) is 5.10 Å². The van der Waals surface area contributed by atoms with Gasteiger partial charge in [0.15, 0.2) is 0 Å². The van der Waals surface area contributed by atoms with Gasteiger partial charge in [0.1, 0.15) is 5.69 Å². The highest BCUT2D eigenvalue weighted by atomic mass is 16.2. The Morgan fingerprint density at radius 2 is 2.05 bits per heavy atom. The molecule has 21 heavy (non-hydrogen) atoms. The average Bonchev–Trinajstić information content (AvgIpc) is 3.08. The van der Waals surface area contributed by atoms with Gasteiger partial charge in [0.25, 0.3) is 5.91 Å². The van der Waals surface area contributed by atoms with E-state index in [-0.39, 0.29) is 11.9 Å². The van der Waals surface area contributed by atoms with Crippen LogP contribution in [0.4, 0.5) is 16.2 Å². The standard InChI is InChI=1S/C14H15N5O2/c1-18-12(6-7-16-18)13(20)17-10-2-4-11(5-3-10)19-9-8-15-14(19)21/h2-7H,8-9H2,1H3,(H,15,21)(H,17,20). The van der Waals surface area contributed by atoms with Gasteiger partial charge in [-0.3, -0.25) is 14.4 Å². The number of rotatable bonds is 3. The molecule has 0 radical (unpaired) electrons. The van der Waals surface area contributed by atoms with Crippen molar-refractivity contribution in [1.82, 2.24) is 15.1 Å². The van der Waals surface area contributed by atoms with Crippen LogP contribution in [-0.4, -0.2) is 34.8 Å². The zero-order valence-electron chi connectivity index (χ0n) is 11.5. The largest absolute Gasteiger partial charge is 0.336 e. The second-order valence-corrected chi connectivity index (χ2v) is 4.72. The maximum Gasteiger partial charge on any atom is 0.321 e. The van der Waals surface area contributed by atoms with Gasteiger partial charge in [-0.1, -0.05) is 0 Å². The van der Waals surface area contributed by atoms with Crippen LogP contribution in [0.3, 0.4) is 0 Å². The van der Waals surface area contributed by atoms with Crippen LogP contribution in [0.1, 0.15) is 10.5 Å². The molecule has 108 valence electrons. The summed E-state index contributed by atoms with van der Waals surface area (Å²) in [6.07, 6.45) is 1.57. The predicted molar refractivity (Wildman–Crippen MR) is 78.3 cm³/mol. The SMILES string of the molecule is Cn1nccc1C(=O)Nc1ccc(N2CCNC2=O)cc1. The van der Waals surface area contributed by atoms with Gasteiger partial charge < -0.3 is 10.6 Å². The van der Waals surface area contributed by atoms with E-state index in [9.17, 15) is 9.59 Å². The first-order valence-electron chi connectivity index (χ1n) is 6.60. The quantitative estimate of drug-likeness (QED) is 0.889. The Kier molecular flexibility index (Phi) is 3.31. The zero-order chi connectivity index (χ0) is 14.8. The fourth-order valence-electron chi connectivity index (χ4n) is 2.23. The molecule has 2 N–H and O–H groups in total. The van der Waals surface area contributed by atoms with Crippen molar-refractivity contribution in [2.24, 2.45) is 7.05 Å². The average molecular weight is 285 g/mol. The summed E-state index contributed by atoms with van der Waals surface area (Å²) < 4.78 is 1.51. The van der Waals surface area contributed by atoms with Crippen LogP contribution >= 0.6 is 0 Å². The molecule has 7 nitrogen and oxygen atoms in total. The van der Waals surface area contributed by atoms with Crippen molar-refractivity contribution in [2.45, 2.75) is 0 Å². The molecule has 1 aliphatic rings. The van der Waals surface area contributed by atoms with E-state index in [1.54, 1.807) is 36.3 Å². The van der Waals surface area contributed by atoms with Crippen LogP contribution in [-0.2, 0) is 7.05 Å². The third-order valence-electron chi connectivity index (χ3n) is 3.35.